The smallest absolute Gasteiger partial charge is 0.201 e. The summed E-state index contributed by atoms with van der Waals surface area (Å²) >= 11 is 0. The van der Waals surface area contributed by atoms with Crippen molar-refractivity contribution in [1.82, 2.24) is 10.2 Å². The molecule has 0 aromatic rings. The molecule has 0 saturated carbocycles. The van der Waals surface area contributed by atoms with Gasteiger partial charge in [-0.15, -0.1) is 0 Å². The van der Waals surface area contributed by atoms with Crippen molar-refractivity contribution in [3.63, 3.8) is 0 Å². The van der Waals surface area contributed by atoms with E-state index in [0.717, 1.165) is 5.96 Å². The number of hydrogen-bond acceptors (Lipinski definition) is 3. The van der Waals surface area contributed by atoms with Gasteiger partial charge in [-0.2, -0.15) is 0 Å². The third kappa shape index (κ3) is 1.42. The van der Waals surface area contributed by atoms with Crippen LogP contribution in [-0.2, 0) is 0 Å². The number of aliphatic imine (C=N–C) groups is 2. The number of guanidine groups is 2. The summed E-state index contributed by atoms with van der Waals surface area (Å²) in [7, 11) is 3.53. The first-order valence-electron chi connectivity index (χ1n) is 3.45. The van der Waals surface area contributed by atoms with E-state index in [1.165, 1.54) is 0 Å². The molecule has 0 amide bonds. The van der Waals surface area contributed by atoms with Crippen molar-refractivity contribution in [3.05, 3.63) is 0 Å². The predicted molar refractivity (Wildman–Crippen MR) is 45.3 cm³/mol. The van der Waals surface area contributed by atoms with Gasteiger partial charge in [0.1, 0.15) is 6.17 Å². The molecule has 1 aliphatic rings. The van der Waals surface area contributed by atoms with Crippen LogP contribution >= 0.6 is 0 Å². The molecule has 1 heterocycles. The fourth-order valence-electron chi connectivity index (χ4n) is 0.924. The highest BCUT2D eigenvalue weighted by Gasteiger charge is 2.17. The SMILES string of the molecule is CN=C1N[C@H](C)N=C(N)N1C. The molecule has 0 aromatic heterocycles. The summed E-state index contributed by atoms with van der Waals surface area (Å²) in [5, 5.41) is 3.05. The van der Waals surface area contributed by atoms with E-state index in [4.69, 9.17) is 5.73 Å². The molecule has 0 aliphatic carbocycles. The molecule has 11 heavy (non-hydrogen) atoms. The minimum Gasteiger partial charge on any atom is -0.369 e. The highest BCUT2D eigenvalue weighted by Crippen LogP contribution is 1.96. The lowest BCUT2D eigenvalue weighted by molar-refractivity contribution is 0.569. The van der Waals surface area contributed by atoms with Crippen molar-refractivity contribution < 1.29 is 0 Å². The monoisotopic (exact) mass is 155 g/mol. The molecule has 0 bridgehead atoms. The fourth-order valence-corrected chi connectivity index (χ4v) is 0.924. The first kappa shape index (κ1) is 7.84. The molecule has 3 N–H and O–H groups in total. The van der Waals surface area contributed by atoms with E-state index >= 15 is 0 Å². The minimum absolute atomic E-state index is 0.0184. The standard InChI is InChI=1S/C6H13N5/c1-4-9-5(7)11(3)6(8-2)10-4/h4H,1-3H3,(H2,7,9)(H,8,10)/t4-/m1/s1. The van der Waals surface area contributed by atoms with E-state index in [-0.39, 0.29) is 6.17 Å². The molecule has 0 spiro atoms. The number of rotatable bonds is 0. The summed E-state index contributed by atoms with van der Waals surface area (Å²) in [4.78, 5) is 9.80. The van der Waals surface area contributed by atoms with E-state index in [1.807, 2.05) is 14.0 Å². The summed E-state index contributed by atoms with van der Waals surface area (Å²) in [6.45, 7) is 1.92. The molecule has 0 unspecified atom stereocenters. The third-order valence-electron chi connectivity index (χ3n) is 1.54. The molecule has 5 nitrogen and oxygen atoms in total. The molecular formula is C6H13N5. The van der Waals surface area contributed by atoms with Crippen LogP contribution in [0.5, 0.6) is 0 Å². The van der Waals surface area contributed by atoms with Crippen molar-refractivity contribution in [2.45, 2.75) is 13.1 Å². The molecule has 62 valence electrons. The molecule has 0 aromatic carbocycles. The second-order valence-electron chi connectivity index (χ2n) is 2.41. The van der Waals surface area contributed by atoms with Crippen LogP contribution in [-0.4, -0.2) is 37.1 Å². The molecule has 0 fully saturated rings. The minimum atomic E-state index is 0.0184. The van der Waals surface area contributed by atoms with Crippen LogP contribution < -0.4 is 11.1 Å². The number of hydrogen-bond donors (Lipinski definition) is 2. The lowest BCUT2D eigenvalue weighted by Gasteiger charge is -2.28. The van der Waals surface area contributed by atoms with Crippen LogP contribution in [0.4, 0.5) is 0 Å². The van der Waals surface area contributed by atoms with E-state index < -0.39 is 0 Å². The maximum atomic E-state index is 5.59. The van der Waals surface area contributed by atoms with Crippen molar-refractivity contribution in [2.24, 2.45) is 15.7 Å². The van der Waals surface area contributed by atoms with Gasteiger partial charge in [-0.3, -0.25) is 9.89 Å². The summed E-state index contributed by atoms with van der Waals surface area (Å²) in [6.07, 6.45) is 0.0184. The third-order valence-corrected chi connectivity index (χ3v) is 1.54. The topological polar surface area (TPSA) is 66.0 Å². The maximum Gasteiger partial charge on any atom is 0.201 e. The first-order chi connectivity index (χ1) is 5.15. The normalized spacial score (nSPS) is 28.3. The Morgan fingerprint density at radius 3 is 2.91 bits per heavy atom. The van der Waals surface area contributed by atoms with Gasteiger partial charge in [-0.05, 0) is 6.92 Å². The van der Waals surface area contributed by atoms with E-state index in [9.17, 15) is 0 Å². The quantitative estimate of drug-likeness (QED) is 0.479. The van der Waals surface area contributed by atoms with Gasteiger partial charge in [0.2, 0.25) is 5.96 Å². The average Bonchev–Trinajstić information content (AvgIpc) is 1.96. The van der Waals surface area contributed by atoms with Gasteiger partial charge in [0.05, 0.1) is 0 Å². The van der Waals surface area contributed by atoms with Gasteiger partial charge in [-0.25, -0.2) is 4.99 Å². The van der Waals surface area contributed by atoms with Crippen LogP contribution in [0.2, 0.25) is 0 Å². The number of nitrogens with one attached hydrogen (secondary N) is 1. The van der Waals surface area contributed by atoms with Crippen molar-refractivity contribution in [1.29, 1.82) is 0 Å². The van der Waals surface area contributed by atoms with Crippen LogP contribution in [0.1, 0.15) is 6.92 Å². The predicted octanol–water partition coefficient (Wildman–Crippen LogP) is -0.832. The Hall–Kier alpha value is -1.26. The first-order valence-corrected chi connectivity index (χ1v) is 3.45. The Kier molecular flexibility index (Phi) is 1.98. The Bertz CT molecular complexity index is 207. The Morgan fingerprint density at radius 2 is 2.36 bits per heavy atom. The summed E-state index contributed by atoms with van der Waals surface area (Å²) in [5.41, 5.74) is 5.59. The highest BCUT2D eigenvalue weighted by molar-refractivity contribution is 5.99. The van der Waals surface area contributed by atoms with Crippen LogP contribution in [0.3, 0.4) is 0 Å². The zero-order valence-electron chi connectivity index (χ0n) is 7.00. The molecule has 1 rings (SSSR count). The van der Waals surface area contributed by atoms with E-state index in [0.29, 0.717) is 5.96 Å². The zero-order valence-corrected chi connectivity index (χ0v) is 7.00. The fraction of sp³-hybridized carbons (Fsp3) is 0.667. The second kappa shape index (κ2) is 2.77. The second-order valence-corrected chi connectivity index (χ2v) is 2.41. The van der Waals surface area contributed by atoms with Gasteiger partial charge in [0, 0.05) is 14.1 Å². The molecule has 0 saturated heterocycles. The average molecular weight is 155 g/mol. The van der Waals surface area contributed by atoms with E-state index in [2.05, 4.69) is 15.3 Å². The van der Waals surface area contributed by atoms with Crippen molar-refractivity contribution >= 4 is 11.9 Å². The Morgan fingerprint density at radius 1 is 1.73 bits per heavy atom. The number of nitrogens with two attached hydrogens (primary N) is 1. The molecule has 1 aliphatic heterocycles. The summed E-state index contributed by atoms with van der Waals surface area (Å²) < 4.78 is 0. The lowest BCUT2D eigenvalue weighted by atomic mass is 10.5. The van der Waals surface area contributed by atoms with Gasteiger partial charge >= 0.3 is 0 Å². The Labute approximate surface area is 66.0 Å². The maximum absolute atomic E-state index is 5.59. The van der Waals surface area contributed by atoms with Gasteiger partial charge in [0.25, 0.3) is 0 Å². The molecule has 0 radical (unpaired) electrons. The van der Waals surface area contributed by atoms with Gasteiger partial charge in [0.15, 0.2) is 5.96 Å². The molecular weight excluding hydrogens is 142 g/mol. The van der Waals surface area contributed by atoms with Crippen LogP contribution in [0, 0.1) is 0 Å². The largest absolute Gasteiger partial charge is 0.369 e. The van der Waals surface area contributed by atoms with Gasteiger partial charge in [-0.1, -0.05) is 0 Å². The lowest BCUT2D eigenvalue weighted by Crippen LogP contribution is -2.53. The molecule has 5 heteroatoms. The zero-order chi connectivity index (χ0) is 8.43. The Balaban J connectivity index is 2.86. The molecule has 1 atom stereocenters. The van der Waals surface area contributed by atoms with Crippen LogP contribution in [0.15, 0.2) is 9.98 Å². The van der Waals surface area contributed by atoms with Crippen molar-refractivity contribution in [3.8, 4) is 0 Å². The van der Waals surface area contributed by atoms with Crippen molar-refractivity contribution in [2.75, 3.05) is 14.1 Å². The number of nitrogens with zero attached hydrogens (tertiary/aromatic N) is 3. The van der Waals surface area contributed by atoms with E-state index in [1.54, 1.807) is 11.9 Å². The highest BCUT2D eigenvalue weighted by atomic mass is 15.4. The van der Waals surface area contributed by atoms with Crippen LogP contribution in [0.25, 0.3) is 0 Å². The van der Waals surface area contributed by atoms with Gasteiger partial charge < -0.3 is 11.1 Å². The summed E-state index contributed by atoms with van der Waals surface area (Å²) in [6, 6.07) is 0. The summed E-state index contributed by atoms with van der Waals surface area (Å²) in [5.74, 6) is 1.25.